The molecule has 0 aromatic rings. The molecule has 3 aliphatic rings. The summed E-state index contributed by atoms with van der Waals surface area (Å²) in [5.74, 6) is -1.39. The van der Waals surface area contributed by atoms with Gasteiger partial charge in [-0.1, -0.05) is 0 Å². The molecule has 6 nitrogen and oxygen atoms in total. The van der Waals surface area contributed by atoms with Crippen LogP contribution in [-0.4, -0.2) is 47.6 Å². The first kappa shape index (κ1) is 9.53. The number of aliphatic hydroxyl groups excluding tert-OH is 1. The third-order valence-corrected chi connectivity index (χ3v) is 2.83. The van der Waals surface area contributed by atoms with E-state index < -0.39 is 42.5 Å². The summed E-state index contributed by atoms with van der Waals surface area (Å²) in [4.78, 5) is 11.1. The third-order valence-electron chi connectivity index (χ3n) is 2.83. The Kier molecular flexibility index (Phi) is 1.72. The predicted octanol–water partition coefficient (Wildman–Crippen LogP) is -0.851. The predicted molar refractivity (Wildman–Crippen MR) is 44.6 cm³/mol. The van der Waals surface area contributed by atoms with Crippen molar-refractivity contribution in [2.45, 2.75) is 50.3 Å². The molecule has 3 aliphatic heterocycles. The van der Waals surface area contributed by atoms with E-state index in [1.54, 1.807) is 13.8 Å². The lowest BCUT2D eigenvalue weighted by Gasteiger charge is -2.20. The van der Waals surface area contributed by atoms with E-state index in [0.29, 0.717) is 0 Å². The van der Waals surface area contributed by atoms with E-state index in [0.717, 1.165) is 0 Å². The lowest BCUT2D eigenvalue weighted by molar-refractivity contribution is -0.214. The first-order valence-corrected chi connectivity index (χ1v) is 4.88. The molecule has 0 amide bonds. The molecular weight excluding hydrogens is 204 g/mol. The summed E-state index contributed by atoms with van der Waals surface area (Å²) in [6.07, 6.45) is -3.44. The molecule has 84 valence electrons. The Balaban J connectivity index is 1.83. The molecule has 3 rings (SSSR count). The number of carbonyl (C=O) groups excluding carboxylic acids is 1. The number of aliphatic hydroxyl groups is 1. The van der Waals surface area contributed by atoms with E-state index in [2.05, 4.69) is 0 Å². The molecule has 0 saturated carbocycles. The van der Waals surface area contributed by atoms with E-state index >= 15 is 0 Å². The second-order valence-corrected chi connectivity index (χ2v) is 4.42. The molecule has 0 radical (unpaired) electrons. The van der Waals surface area contributed by atoms with Crippen molar-refractivity contribution < 1.29 is 28.8 Å². The van der Waals surface area contributed by atoms with Gasteiger partial charge in [0.15, 0.2) is 30.4 Å². The quantitative estimate of drug-likeness (QED) is 0.532. The summed E-state index contributed by atoms with van der Waals surface area (Å²) < 4.78 is 21.4. The van der Waals surface area contributed by atoms with E-state index in [1.807, 2.05) is 0 Å². The standard InChI is InChI=1S/C9H12O6/c1-9(2)14-6-5-4(13-8(6)15-9)3(10)7(11)12-5/h3-6,8,10H,1-2H3/t3-,4+,5+,6-,8+/m0/s1. The van der Waals surface area contributed by atoms with Crippen molar-refractivity contribution >= 4 is 5.97 Å². The second kappa shape index (κ2) is 2.70. The fourth-order valence-corrected chi connectivity index (χ4v) is 2.23. The minimum atomic E-state index is -1.23. The molecule has 1 N–H and O–H groups in total. The highest BCUT2D eigenvalue weighted by atomic mass is 16.8. The van der Waals surface area contributed by atoms with Crippen molar-refractivity contribution in [3.05, 3.63) is 0 Å². The van der Waals surface area contributed by atoms with E-state index in [4.69, 9.17) is 18.9 Å². The maximum Gasteiger partial charge on any atom is 0.338 e. The molecule has 0 aliphatic carbocycles. The van der Waals surface area contributed by atoms with Gasteiger partial charge in [-0.25, -0.2) is 4.79 Å². The molecule has 3 saturated heterocycles. The van der Waals surface area contributed by atoms with E-state index in [-0.39, 0.29) is 0 Å². The summed E-state index contributed by atoms with van der Waals surface area (Å²) >= 11 is 0. The maximum absolute atomic E-state index is 11.1. The van der Waals surface area contributed by atoms with Crippen LogP contribution >= 0.6 is 0 Å². The monoisotopic (exact) mass is 216 g/mol. The van der Waals surface area contributed by atoms with Crippen molar-refractivity contribution in [2.24, 2.45) is 0 Å². The Bertz CT molecular complexity index is 314. The van der Waals surface area contributed by atoms with Crippen LogP contribution in [0.2, 0.25) is 0 Å². The van der Waals surface area contributed by atoms with Gasteiger partial charge in [0.05, 0.1) is 0 Å². The van der Waals surface area contributed by atoms with Crippen molar-refractivity contribution in [3.8, 4) is 0 Å². The molecule has 5 atom stereocenters. The summed E-state index contributed by atoms with van der Waals surface area (Å²) in [5.41, 5.74) is 0. The average Bonchev–Trinajstić information content (AvgIpc) is 2.66. The third kappa shape index (κ3) is 1.22. The number of carbonyl (C=O) groups is 1. The molecule has 0 unspecified atom stereocenters. The smallest absolute Gasteiger partial charge is 0.338 e. The lowest BCUT2D eigenvalue weighted by atomic mass is 10.1. The van der Waals surface area contributed by atoms with Crippen molar-refractivity contribution in [1.82, 2.24) is 0 Å². The van der Waals surface area contributed by atoms with Crippen molar-refractivity contribution in [2.75, 3.05) is 0 Å². The topological polar surface area (TPSA) is 74.2 Å². The normalized spacial score (nSPS) is 51.4. The molecule has 0 aromatic carbocycles. The van der Waals surface area contributed by atoms with Gasteiger partial charge in [0, 0.05) is 0 Å². The minimum absolute atomic E-state index is 0.439. The van der Waals surface area contributed by atoms with Gasteiger partial charge >= 0.3 is 5.97 Å². The number of hydrogen-bond acceptors (Lipinski definition) is 6. The second-order valence-electron chi connectivity index (χ2n) is 4.42. The fourth-order valence-electron chi connectivity index (χ4n) is 2.23. The Labute approximate surface area is 86.1 Å². The molecule has 3 fully saturated rings. The fraction of sp³-hybridized carbons (Fsp3) is 0.889. The van der Waals surface area contributed by atoms with Gasteiger partial charge in [0.25, 0.3) is 0 Å². The zero-order valence-corrected chi connectivity index (χ0v) is 8.38. The van der Waals surface area contributed by atoms with Crippen LogP contribution in [0.3, 0.4) is 0 Å². The van der Waals surface area contributed by atoms with Gasteiger partial charge < -0.3 is 24.1 Å². The van der Waals surface area contributed by atoms with Crippen LogP contribution in [-0.2, 0) is 23.7 Å². The highest BCUT2D eigenvalue weighted by Gasteiger charge is 2.62. The van der Waals surface area contributed by atoms with Crippen LogP contribution in [0, 0.1) is 0 Å². The van der Waals surface area contributed by atoms with E-state index in [9.17, 15) is 9.90 Å². The van der Waals surface area contributed by atoms with Crippen molar-refractivity contribution in [3.63, 3.8) is 0 Å². The molecule has 0 spiro atoms. The summed E-state index contributed by atoms with van der Waals surface area (Å²) in [7, 11) is 0. The lowest BCUT2D eigenvalue weighted by Crippen LogP contribution is -2.35. The van der Waals surface area contributed by atoms with Gasteiger partial charge in [0.1, 0.15) is 6.10 Å². The molecule has 0 bridgehead atoms. The molecule has 0 aromatic heterocycles. The van der Waals surface area contributed by atoms with Crippen LogP contribution in [0.1, 0.15) is 13.8 Å². The summed E-state index contributed by atoms with van der Waals surface area (Å²) in [5, 5.41) is 9.44. The van der Waals surface area contributed by atoms with Gasteiger partial charge in [-0.05, 0) is 13.8 Å². The number of rotatable bonds is 0. The Morgan fingerprint density at radius 2 is 1.93 bits per heavy atom. The first-order valence-electron chi connectivity index (χ1n) is 4.88. The van der Waals surface area contributed by atoms with Gasteiger partial charge in [0.2, 0.25) is 0 Å². The Morgan fingerprint density at radius 3 is 2.67 bits per heavy atom. The van der Waals surface area contributed by atoms with Gasteiger partial charge in [-0.2, -0.15) is 0 Å². The van der Waals surface area contributed by atoms with Crippen LogP contribution < -0.4 is 0 Å². The zero-order chi connectivity index (χ0) is 10.8. The number of fused-ring (bicyclic) bond motifs is 3. The molecular formula is C9H12O6. The molecule has 3 heterocycles. The van der Waals surface area contributed by atoms with Gasteiger partial charge in [-0.3, -0.25) is 0 Å². The highest BCUT2D eigenvalue weighted by molar-refractivity contribution is 5.78. The number of esters is 1. The van der Waals surface area contributed by atoms with E-state index in [1.165, 1.54) is 0 Å². The Hall–Kier alpha value is -0.690. The van der Waals surface area contributed by atoms with Gasteiger partial charge in [-0.15, -0.1) is 0 Å². The Morgan fingerprint density at radius 1 is 1.20 bits per heavy atom. The number of ether oxygens (including phenoxy) is 4. The number of hydrogen-bond donors (Lipinski definition) is 1. The van der Waals surface area contributed by atoms with Crippen molar-refractivity contribution in [1.29, 1.82) is 0 Å². The maximum atomic E-state index is 11.1. The highest BCUT2D eigenvalue weighted by Crippen LogP contribution is 2.42. The van der Waals surface area contributed by atoms with Crippen LogP contribution in [0.5, 0.6) is 0 Å². The van der Waals surface area contributed by atoms with Crippen LogP contribution in [0.4, 0.5) is 0 Å². The van der Waals surface area contributed by atoms with Crippen LogP contribution in [0.25, 0.3) is 0 Å². The molecule has 15 heavy (non-hydrogen) atoms. The SMILES string of the molecule is CC1(C)O[C@H]2O[C@H]3[C@@H](OC(=O)[C@H]3O)[C@@H]2O1. The zero-order valence-electron chi connectivity index (χ0n) is 8.38. The van der Waals surface area contributed by atoms with Crippen LogP contribution in [0.15, 0.2) is 0 Å². The summed E-state index contributed by atoms with van der Waals surface area (Å²) in [6.45, 7) is 3.52. The average molecular weight is 216 g/mol. The first-order chi connectivity index (χ1) is 6.98. The largest absolute Gasteiger partial charge is 0.454 e. The molecule has 6 heteroatoms. The minimum Gasteiger partial charge on any atom is -0.454 e. The summed E-state index contributed by atoms with van der Waals surface area (Å²) in [6, 6.07) is 0.